The van der Waals surface area contributed by atoms with Crippen molar-refractivity contribution in [1.82, 2.24) is 9.80 Å². The van der Waals surface area contributed by atoms with E-state index >= 15 is 0 Å². The van der Waals surface area contributed by atoms with Gasteiger partial charge in [-0.25, -0.2) is 0 Å². The highest BCUT2D eigenvalue weighted by Crippen LogP contribution is 2.21. The van der Waals surface area contributed by atoms with Crippen LogP contribution < -0.4 is 0 Å². The van der Waals surface area contributed by atoms with Crippen molar-refractivity contribution in [2.45, 2.75) is 0 Å². The number of aromatic hydroxyl groups is 1. The number of hydrogen-bond donors (Lipinski definition) is 1. The van der Waals surface area contributed by atoms with Gasteiger partial charge in [-0.15, -0.1) is 0 Å². The molecule has 0 radical (unpaired) electrons. The summed E-state index contributed by atoms with van der Waals surface area (Å²) < 4.78 is 0.956. The molecule has 4 nitrogen and oxygen atoms in total. The summed E-state index contributed by atoms with van der Waals surface area (Å²) in [4.78, 5) is 16.2. The Labute approximate surface area is 114 Å². The maximum Gasteiger partial charge on any atom is 0.257 e. The molecule has 1 N–H and O–H groups in total. The van der Waals surface area contributed by atoms with Crippen LogP contribution in [0.5, 0.6) is 5.75 Å². The number of halogens is 1. The van der Waals surface area contributed by atoms with E-state index in [2.05, 4.69) is 27.5 Å². The molecular formula is C12H15IN2O2. The normalized spacial score (nSPS) is 17.2. The molecule has 1 aliphatic rings. The molecule has 0 atom stereocenters. The van der Waals surface area contributed by atoms with Gasteiger partial charge in [0.1, 0.15) is 5.75 Å². The Hall–Kier alpha value is -0.820. The van der Waals surface area contributed by atoms with Crippen molar-refractivity contribution in [1.29, 1.82) is 0 Å². The van der Waals surface area contributed by atoms with E-state index in [0.29, 0.717) is 5.56 Å². The molecule has 17 heavy (non-hydrogen) atoms. The van der Waals surface area contributed by atoms with E-state index in [1.807, 2.05) is 7.05 Å². The van der Waals surface area contributed by atoms with Gasteiger partial charge in [0.05, 0.1) is 5.56 Å². The van der Waals surface area contributed by atoms with Gasteiger partial charge in [0.15, 0.2) is 0 Å². The predicted molar refractivity (Wildman–Crippen MR) is 74.2 cm³/mol. The van der Waals surface area contributed by atoms with Gasteiger partial charge in [-0.05, 0) is 47.8 Å². The molecule has 0 aliphatic carbocycles. The molecule has 1 fully saturated rings. The fraction of sp³-hybridized carbons (Fsp3) is 0.417. The van der Waals surface area contributed by atoms with E-state index in [-0.39, 0.29) is 11.7 Å². The van der Waals surface area contributed by atoms with Gasteiger partial charge >= 0.3 is 0 Å². The first-order chi connectivity index (χ1) is 8.08. The van der Waals surface area contributed by atoms with Crippen LogP contribution in [0.3, 0.4) is 0 Å². The topological polar surface area (TPSA) is 43.8 Å². The minimum absolute atomic E-state index is 0.0642. The molecule has 1 saturated heterocycles. The third-order valence-corrected chi connectivity index (χ3v) is 3.65. The first kappa shape index (κ1) is 12.6. The second-order valence-electron chi connectivity index (χ2n) is 4.26. The first-order valence-corrected chi connectivity index (χ1v) is 6.62. The number of nitrogens with zero attached hydrogens (tertiary/aromatic N) is 2. The van der Waals surface area contributed by atoms with E-state index in [1.54, 1.807) is 23.1 Å². The van der Waals surface area contributed by atoms with Crippen LogP contribution in [0, 0.1) is 3.57 Å². The number of hydrogen-bond acceptors (Lipinski definition) is 3. The summed E-state index contributed by atoms with van der Waals surface area (Å²) >= 11 is 2.14. The number of rotatable bonds is 1. The number of phenols is 1. The number of phenolic OH excluding ortho intramolecular Hbond substituents is 1. The van der Waals surface area contributed by atoms with E-state index in [9.17, 15) is 9.90 Å². The molecule has 0 unspecified atom stereocenters. The number of likely N-dealkylation sites (N-methyl/N-ethyl adjacent to an activating group) is 1. The number of piperazine rings is 1. The largest absolute Gasteiger partial charge is 0.507 e. The van der Waals surface area contributed by atoms with Crippen LogP contribution in [0.15, 0.2) is 18.2 Å². The smallest absolute Gasteiger partial charge is 0.257 e. The van der Waals surface area contributed by atoms with Gasteiger partial charge in [0.2, 0.25) is 0 Å². The fourth-order valence-corrected chi connectivity index (χ4v) is 2.35. The standard InChI is InChI=1S/C12H15IN2O2/c1-14-4-6-15(7-5-14)12(17)10-8-9(13)2-3-11(10)16/h2-3,8,16H,4-7H2,1H3. The number of benzene rings is 1. The van der Waals surface area contributed by atoms with Gasteiger partial charge in [-0.3, -0.25) is 4.79 Å². The maximum absolute atomic E-state index is 12.2. The van der Waals surface area contributed by atoms with Crippen molar-refractivity contribution in [3.8, 4) is 5.75 Å². The number of amides is 1. The highest BCUT2D eigenvalue weighted by Gasteiger charge is 2.22. The van der Waals surface area contributed by atoms with Gasteiger partial charge in [-0.1, -0.05) is 0 Å². The van der Waals surface area contributed by atoms with Crippen molar-refractivity contribution in [2.75, 3.05) is 33.2 Å². The maximum atomic E-state index is 12.2. The zero-order chi connectivity index (χ0) is 12.4. The third-order valence-electron chi connectivity index (χ3n) is 2.98. The minimum atomic E-state index is -0.0749. The summed E-state index contributed by atoms with van der Waals surface area (Å²) in [5, 5.41) is 9.73. The van der Waals surface area contributed by atoms with Crippen LogP contribution in [0.25, 0.3) is 0 Å². The zero-order valence-corrected chi connectivity index (χ0v) is 11.8. The van der Waals surface area contributed by atoms with E-state index in [0.717, 1.165) is 29.7 Å². The van der Waals surface area contributed by atoms with Crippen LogP contribution in [0.2, 0.25) is 0 Å². The second-order valence-corrected chi connectivity index (χ2v) is 5.50. The lowest BCUT2D eigenvalue weighted by Gasteiger charge is -2.32. The molecule has 0 aromatic heterocycles. The molecule has 1 amide bonds. The lowest BCUT2D eigenvalue weighted by molar-refractivity contribution is 0.0661. The Balaban J connectivity index is 2.16. The van der Waals surface area contributed by atoms with Crippen molar-refractivity contribution in [2.24, 2.45) is 0 Å². The van der Waals surface area contributed by atoms with Crippen LogP contribution in [-0.2, 0) is 0 Å². The monoisotopic (exact) mass is 346 g/mol. The Morgan fingerprint density at radius 1 is 1.29 bits per heavy atom. The molecule has 1 aromatic carbocycles. The molecule has 1 aliphatic heterocycles. The van der Waals surface area contributed by atoms with Crippen molar-refractivity contribution < 1.29 is 9.90 Å². The van der Waals surface area contributed by atoms with E-state index in [1.165, 1.54) is 0 Å². The highest BCUT2D eigenvalue weighted by atomic mass is 127. The second kappa shape index (κ2) is 5.22. The van der Waals surface area contributed by atoms with Crippen LogP contribution in [0.1, 0.15) is 10.4 Å². The molecule has 0 bridgehead atoms. The summed E-state index contributed by atoms with van der Waals surface area (Å²) in [5.41, 5.74) is 0.404. The Kier molecular flexibility index (Phi) is 3.88. The highest BCUT2D eigenvalue weighted by molar-refractivity contribution is 14.1. The Bertz CT molecular complexity index is 429. The molecule has 92 valence electrons. The lowest BCUT2D eigenvalue weighted by Crippen LogP contribution is -2.47. The van der Waals surface area contributed by atoms with Crippen molar-refractivity contribution in [3.05, 3.63) is 27.3 Å². The summed E-state index contributed by atoms with van der Waals surface area (Å²) in [6, 6.07) is 5.10. The van der Waals surface area contributed by atoms with Gasteiger partial charge in [0.25, 0.3) is 5.91 Å². The molecule has 1 aromatic rings. The molecular weight excluding hydrogens is 331 g/mol. The Morgan fingerprint density at radius 2 is 1.94 bits per heavy atom. The van der Waals surface area contributed by atoms with Crippen molar-refractivity contribution >= 4 is 28.5 Å². The average molecular weight is 346 g/mol. The number of carbonyl (C=O) groups is 1. The summed E-state index contributed by atoms with van der Waals surface area (Å²) in [7, 11) is 2.05. The zero-order valence-electron chi connectivity index (χ0n) is 9.69. The third kappa shape index (κ3) is 2.90. The van der Waals surface area contributed by atoms with Crippen LogP contribution in [-0.4, -0.2) is 54.0 Å². The first-order valence-electron chi connectivity index (χ1n) is 5.54. The molecule has 1 heterocycles. The minimum Gasteiger partial charge on any atom is -0.507 e. The molecule has 5 heteroatoms. The molecule has 0 saturated carbocycles. The summed E-state index contributed by atoms with van der Waals surface area (Å²) in [6.45, 7) is 3.22. The molecule has 0 spiro atoms. The summed E-state index contributed by atoms with van der Waals surface area (Å²) in [6.07, 6.45) is 0. The fourth-order valence-electron chi connectivity index (χ4n) is 1.86. The number of carbonyl (C=O) groups excluding carboxylic acids is 1. The van der Waals surface area contributed by atoms with Crippen LogP contribution in [0.4, 0.5) is 0 Å². The van der Waals surface area contributed by atoms with Gasteiger partial charge in [-0.2, -0.15) is 0 Å². The average Bonchev–Trinajstić information content (AvgIpc) is 2.32. The molecule has 2 rings (SSSR count). The van der Waals surface area contributed by atoms with Crippen LogP contribution >= 0.6 is 22.6 Å². The van der Waals surface area contributed by atoms with Crippen molar-refractivity contribution in [3.63, 3.8) is 0 Å². The Morgan fingerprint density at radius 3 is 2.59 bits per heavy atom. The van der Waals surface area contributed by atoms with E-state index < -0.39 is 0 Å². The lowest BCUT2D eigenvalue weighted by atomic mass is 10.1. The van der Waals surface area contributed by atoms with Gasteiger partial charge < -0.3 is 14.9 Å². The quantitative estimate of drug-likeness (QED) is 0.782. The SMILES string of the molecule is CN1CCN(C(=O)c2cc(I)ccc2O)CC1. The van der Waals surface area contributed by atoms with Gasteiger partial charge in [0, 0.05) is 29.7 Å². The summed E-state index contributed by atoms with van der Waals surface area (Å²) in [5.74, 6) is -0.0107. The van der Waals surface area contributed by atoms with E-state index in [4.69, 9.17) is 0 Å². The predicted octanol–water partition coefficient (Wildman–Crippen LogP) is 1.38.